The Kier molecular flexibility index (Phi) is 5.15. The van der Waals surface area contributed by atoms with E-state index in [1.165, 1.54) is 18.2 Å². The van der Waals surface area contributed by atoms with Gasteiger partial charge < -0.3 is 4.74 Å². The van der Waals surface area contributed by atoms with Crippen LogP contribution in [-0.4, -0.2) is 24.6 Å². The summed E-state index contributed by atoms with van der Waals surface area (Å²) in [6, 6.07) is 4.24. The van der Waals surface area contributed by atoms with Crippen LogP contribution < -0.4 is 0 Å². The van der Waals surface area contributed by atoms with E-state index >= 15 is 0 Å². The number of esters is 1. The van der Waals surface area contributed by atoms with Crippen LogP contribution in [-0.2, 0) is 4.74 Å². The van der Waals surface area contributed by atoms with E-state index < -0.39 is 24.6 Å². The SMILES string of the molecule is CC(C)(C)OC(=O)c1ccc(C#C[Si](C)(C)C)c([N+](=O)[O-])c1. The summed E-state index contributed by atoms with van der Waals surface area (Å²) >= 11 is 0. The van der Waals surface area contributed by atoms with Crippen LogP contribution in [0.25, 0.3) is 0 Å². The van der Waals surface area contributed by atoms with Crippen molar-refractivity contribution in [3.63, 3.8) is 0 Å². The lowest BCUT2D eigenvalue weighted by Gasteiger charge is -2.19. The second-order valence-electron chi connectivity index (χ2n) is 6.99. The van der Waals surface area contributed by atoms with Gasteiger partial charge >= 0.3 is 5.97 Å². The van der Waals surface area contributed by atoms with E-state index in [1.807, 2.05) is 0 Å². The van der Waals surface area contributed by atoms with Gasteiger partial charge in [-0.3, -0.25) is 10.1 Å². The van der Waals surface area contributed by atoms with Crippen LogP contribution in [0.2, 0.25) is 19.6 Å². The third-order valence-electron chi connectivity index (χ3n) is 2.40. The Morgan fingerprint density at radius 3 is 2.32 bits per heavy atom. The predicted molar refractivity (Wildman–Crippen MR) is 88.5 cm³/mol. The van der Waals surface area contributed by atoms with Gasteiger partial charge in [-0.1, -0.05) is 25.6 Å². The fourth-order valence-corrected chi connectivity index (χ4v) is 2.02. The highest BCUT2D eigenvalue weighted by atomic mass is 28.3. The third kappa shape index (κ3) is 5.70. The zero-order valence-corrected chi connectivity index (χ0v) is 14.8. The van der Waals surface area contributed by atoms with Crippen molar-refractivity contribution in [3.8, 4) is 11.5 Å². The zero-order chi connectivity index (χ0) is 17.1. The van der Waals surface area contributed by atoms with Crippen molar-refractivity contribution in [2.75, 3.05) is 0 Å². The molecule has 0 N–H and O–H groups in total. The molecule has 0 fully saturated rings. The normalized spacial score (nSPS) is 11.4. The Hall–Kier alpha value is -2.13. The van der Waals surface area contributed by atoms with E-state index in [0.29, 0.717) is 5.56 Å². The molecule has 0 spiro atoms. The van der Waals surface area contributed by atoms with Crippen molar-refractivity contribution in [2.24, 2.45) is 0 Å². The molecule has 0 radical (unpaired) electrons. The molecule has 0 unspecified atom stereocenters. The van der Waals surface area contributed by atoms with E-state index in [0.717, 1.165) is 0 Å². The summed E-state index contributed by atoms with van der Waals surface area (Å²) in [5.41, 5.74) is 2.74. The first kappa shape index (κ1) is 17.9. The second kappa shape index (κ2) is 6.32. The molecule has 0 aliphatic heterocycles. The maximum absolute atomic E-state index is 12.0. The Morgan fingerprint density at radius 1 is 1.27 bits per heavy atom. The maximum atomic E-state index is 12.0. The molecule has 0 amide bonds. The van der Waals surface area contributed by atoms with E-state index in [4.69, 9.17) is 4.74 Å². The Labute approximate surface area is 131 Å². The van der Waals surface area contributed by atoms with Crippen LogP contribution in [0.4, 0.5) is 5.69 Å². The maximum Gasteiger partial charge on any atom is 0.338 e. The lowest BCUT2D eigenvalue weighted by atomic mass is 10.1. The van der Waals surface area contributed by atoms with Crippen molar-refractivity contribution in [1.29, 1.82) is 0 Å². The van der Waals surface area contributed by atoms with Gasteiger partial charge in [0.05, 0.1) is 10.5 Å². The molecular formula is C16H21NO4Si. The molecule has 0 atom stereocenters. The van der Waals surface area contributed by atoms with E-state index in [9.17, 15) is 14.9 Å². The molecule has 0 aliphatic rings. The van der Waals surface area contributed by atoms with Gasteiger partial charge in [-0.2, -0.15) is 0 Å². The molecule has 0 aromatic heterocycles. The van der Waals surface area contributed by atoms with Crippen LogP contribution in [0.15, 0.2) is 18.2 Å². The quantitative estimate of drug-likeness (QED) is 0.273. The Balaban J connectivity index is 3.23. The molecule has 0 saturated heterocycles. The molecule has 0 saturated carbocycles. The smallest absolute Gasteiger partial charge is 0.338 e. The second-order valence-corrected chi connectivity index (χ2v) is 11.7. The fraction of sp³-hybridized carbons (Fsp3) is 0.438. The van der Waals surface area contributed by atoms with Crippen LogP contribution in [0, 0.1) is 21.6 Å². The first-order chi connectivity index (χ1) is 9.89. The van der Waals surface area contributed by atoms with Gasteiger partial charge in [-0.05, 0) is 32.9 Å². The number of nitrogens with zero attached hydrogens (tertiary/aromatic N) is 1. The number of nitro groups is 1. The topological polar surface area (TPSA) is 69.4 Å². The summed E-state index contributed by atoms with van der Waals surface area (Å²) in [6.45, 7) is 11.4. The van der Waals surface area contributed by atoms with Crippen LogP contribution >= 0.6 is 0 Å². The minimum Gasteiger partial charge on any atom is -0.456 e. The average Bonchev–Trinajstić information content (AvgIpc) is 2.33. The monoisotopic (exact) mass is 319 g/mol. The number of hydrogen-bond donors (Lipinski definition) is 0. The molecular weight excluding hydrogens is 298 g/mol. The van der Waals surface area contributed by atoms with Crippen LogP contribution in [0.1, 0.15) is 36.7 Å². The average molecular weight is 319 g/mol. The third-order valence-corrected chi connectivity index (χ3v) is 3.28. The summed E-state index contributed by atoms with van der Waals surface area (Å²) in [4.78, 5) is 22.7. The van der Waals surface area contributed by atoms with E-state index in [1.54, 1.807) is 20.8 Å². The highest BCUT2D eigenvalue weighted by Crippen LogP contribution is 2.21. The van der Waals surface area contributed by atoms with Crippen LogP contribution in [0.5, 0.6) is 0 Å². The first-order valence-electron chi connectivity index (χ1n) is 6.94. The van der Waals surface area contributed by atoms with Gasteiger partial charge in [0.25, 0.3) is 5.69 Å². The van der Waals surface area contributed by atoms with Crippen molar-refractivity contribution in [2.45, 2.75) is 46.0 Å². The van der Waals surface area contributed by atoms with Crippen molar-refractivity contribution in [3.05, 3.63) is 39.4 Å². The minimum atomic E-state index is -1.64. The lowest BCUT2D eigenvalue weighted by molar-refractivity contribution is -0.385. The standard InChI is InChI=1S/C16H21NO4Si/c1-16(2,3)21-15(18)13-8-7-12(9-10-22(4,5)6)14(11-13)17(19)20/h7-8,11H,1-6H3. The number of ether oxygens (including phenoxy) is 1. The van der Waals surface area contributed by atoms with Gasteiger partial charge in [-0.25, -0.2) is 4.79 Å². The Morgan fingerprint density at radius 2 is 1.86 bits per heavy atom. The molecule has 1 rings (SSSR count). The van der Waals surface area contributed by atoms with Gasteiger partial charge in [0, 0.05) is 6.07 Å². The number of nitro benzene ring substituents is 1. The van der Waals surface area contributed by atoms with Gasteiger partial charge in [0.2, 0.25) is 0 Å². The summed E-state index contributed by atoms with van der Waals surface area (Å²) in [6.07, 6.45) is 0. The van der Waals surface area contributed by atoms with Crippen molar-refractivity contribution >= 4 is 19.7 Å². The summed E-state index contributed by atoms with van der Waals surface area (Å²) in [5, 5.41) is 11.2. The van der Waals surface area contributed by atoms with Crippen LogP contribution in [0.3, 0.4) is 0 Å². The van der Waals surface area contributed by atoms with Crippen molar-refractivity contribution in [1.82, 2.24) is 0 Å². The summed E-state index contributed by atoms with van der Waals surface area (Å²) < 4.78 is 5.22. The molecule has 1 aromatic carbocycles. The molecule has 0 heterocycles. The Bertz CT molecular complexity index is 657. The highest BCUT2D eigenvalue weighted by Gasteiger charge is 2.21. The summed E-state index contributed by atoms with van der Waals surface area (Å²) in [7, 11) is -1.64. The largest absolute Gasteiger partial charge is 0.456 e. The molecule has 0 aliphatic carbocycles. The number of carbonyl (C=O) groups is 1. The number of carbonyl (C=O) groups excluding carboxylic acids is 1. The molecule has 118 valence electrons. The molecule has 5 nitrogen and oxygen atoms in total. The highest BCUT2D eigenvalue weighted by molar-refractivity contribution is 6.83. The minimum absolute atomic E-state index is 0.153. The number of benzene rings is 1. The summed E-state index contributed by atoms with van der Waals surface area (Å²) in [5.74, 6) is 2.28. The van der Waals surface area contributed by atoms with Gasteiger partial charge in [-0.15, -0.1) is 5.54 Å². The van der Waals surface area contributed by atoms with E-state index in [-0.39, 0.29) is 11.3 Å². The molecule has 1 aromatic rings. The van der Waals surface area contributed by atoms with Crippen molar-refractivity contribution < 1.29 is 14.5 Å². The predicted octanol–water partition coefficient (Wildman–Crippen LogP) is 3.78. The molecule has 0 bridgehead atoms. The van der Waals surface area contributed by atoms with E-state index in [2.05, 4.69) is 31.1 Å². The molecule has 6 heteroatoms. The molecule has 22 heavy (non-hydrogen) atoms. The van der Waals surface area contributed by atoms with Gasteiger partial charge in [0.1, 0.15) is 19.2 Å². The number of rotatable bonds is 2. The van der Waals surface area contributed by atoms with Gasteiger partial charge in [0.15, 0.2) is 0 Å². The zero-order valence-electron chi connectivity index (χ0n) is 13.8. The fourth-order valence-electron chi connectivity index (χ4n) is 1.51. The first-order valence-corrected chi connectivity index (χ1v) is 10.4. The lowest BCUT2D eigenvalue weighted by Crippen LogP contribution is -2.24. The number of hydrogen-bond acceptors (Lipinski definition) is 4.